The van der Waals surface area contributed by atoms with E-state index in [1.807, 2.05) is 6.92 Å². The highest BCUT2D eigenvalue weighted by Gasteiger charge is 2.41. The third-order valence-corrected chi connectivity index (χ3v) is 4.52. The zero-order chi connectivity index (χ0) is 12.7. The molecule has 0 aromatic heterocycles. The highest BCUT2D eigenvalue weighted by Crippen LogP contribution is 2.35. The molecular weight excluding hydrogens is 241 g/mol. The Hall–Kier alpha value is -0.885. The zero-order valence-electron chi connectivity index (χ0n) is 9.42. The SMILES string of the molecule is CC1(NS(=O)(=O)c2ccc(B(O)O)cc2)CC1. The summed E-state index contributed by atoms with van der Waals surface area (Å²) in [5.41, 5.74) is -0.0462. The molecule has 1 aliphatic rings. The van der Waals surface area contributed by atoms with Gasteiger partial charge in [-0.1, -0.05) is 12.1 Å². The van der Waals surface area contributed by atoms with Crippen molar-refractivity contribution >= 4 is 22.6 Å². The molecular formula is C10H14BNO4S. The number of nitrogens with one attached hydrogen (secondary N) is 1. The van der Waals surface area contributed by atoms with Crippen molar-refractivity contribution in [3.63, 3.8) is 0 Å². The van der Waals surface area contributed by atoms with E-state index in [9.17, 15) is 8.42 Å². The van der Waals surface area contributed by atoms with Gasteiger partial charge in [-0.05, 0) is 37.4 Å². The van der Waals surface area contributed by atoms with E-state index in [0.29, 0.717) is 0 Å². The van der Waals surface area contributed by atoms with Crippen molar-refractivity contribution in [3.05, 3.63) is 24.3 Å². The highest BCUT2D eigenvalue weighted by atomic mass is 32.2. The minimum atomic E-state index is -3.51. The van der Waals surface area contributed by atoms with Crippen LogP contribution in [0, 0.1) is 0 Å². The summed E-state index contributed by atoms with van der Waals surface area (Å²) in [7, 11) is -5.09. The normalized spacial score (nSPS) is 17.8. The molecule has 0 heterocycles. The van der Waals surface area contributed by atoms with Crippen molar-refractivity contribution in [2.24, 2.45) is 0 Å². The molecule has 1 aromatic rings. The van der Waals surface area contributed by atoms with E-state index in [1.54, 1.807) is 0 Å². The lowest BCUT2D eigenvalue weighted by Crippen LogP contribution is -2.35. The van der Waals surface area contributed by atoms with Crippen LogP contribution in [0.4, 0.5) is 0 Å². The van der Waals surface area contributed by atoms with Crippen molar-refractivity contribution in [2.75, 3.05) is 0 Å². The molecule has 1 aromatic carbocycles. The van der Waals surface area contributed by atoms with Crippen molar-refractivity contribution in [1.29, 1.82) is 0 Å². The number of sulfonamides is 1. The minimum absolute atomic E-state index is 0.134. The lowest BCUT2D eigenvalue weighted by molar-refractivity contribution is 0.425. The van der Waals surface area contributed by atoms with Crippen LogP contribution in [-0.2, 0) is 10.0 Å². The summed E-state index contributed by atoms with van der Waals surface area (Å²) < 4.78 is 26.5. The van der Waals surface area contributed by atoms with E-state index in [0.717, 1.165) is 12.8 Å². The molecule has 0 spiro atoms. The summed E-state index contributed by atoms with van der Waals surface area (Å²) >= 11 is 0. The molecule has 0 aliphatic heterocycles. The Kier molecular flexibility index (Phi) is 3.03. The Labute approximate surface area is 101 Å². The minimum Gasteiger partial charge on any atom is -0.423 e. The number of hydrogen-bond donors (Lipinski definition) is 3. The smallest absolute Gasteiger partial charge is 0.423 e. The van der Waals surface area contributed by atoms with Crippen LogP contribution in [-0.4, -0.2) is 31.1 Å². The summed E-state index contributed by atoms with van der Waals surface area (Å²) in [5, 5.41) is 17.8. The van der Waals surface area contributed by atoms with Crippen LogP contribution in [0.5, 0.6) is 0 Å². The molecule has 92 valence electrons. The monoisotopic (exact) mass is 255 g/mol. The molecule has 0 saturated heterocycles. The van der Waals surface area contributed by atoms with Gasteiger partial charge in [-0.3, -0.25) is 0 Å². The maximum atomic E-state index is 11.9. The number of hydrogen-bond acceptors (Lipinski definition) is 4. The van der Waals surface area contributed by atoms with Crippen LogP contribution in [0.15, 0.2) is 29.2 Å². The standard InChI is InChI=1S/C10H14BNO4S/c1-10(6-7-10)12-17(15,16)9-4-2-8(3-5-9)11(13)14/h2-5,12-14H,6-7H2,1H3. The van der Waals surface area contributed by atoms with Gasteiger partial charge in [0.05, 0.1) is 4.90 Å². The average molecular weight is 255 g/mol. The molecule has 0 unspecified atom stereocenters. The van der Waals surface area contributed by atoms with Gasteiger partial charge in [0.25, 0.3) is 0 Å². The number of benzene rings is 1. The summed E-state index contributed by atoms with van der Waals surface area (Å²) in [6.45, 7) is 1.86. The Balaban J connectivity index is 2.21. The Morgan fingerprint density at radius 2 is 1.76 bits per heavy atom. The fraction of sp³-hybridized carbons (Fsp3) is 0.400. The Bertz CT molecular complexity index is 508. The first-order valence-corrected chi connectivity index (χ1v) is 6.81. The van der Waals surface area contributed by atoms with Crippen LogP contribution in [0.2, 0.25) is 0 Å². The lowest BCUT2D eigenvalue weighted by atomic mass is 9.81. The highest BCUT2D eigenvalue weighted by molar-refractivity contribution is 7.89. The summed E-state index contributed by atoms with van der Waals surface area (Å²) in [6.07, 6.45) is 1.69. The van der Waals surface area contributed by atoms with Crippen molar-refractivity contribution < 1.29 is 18.5 Å². The molecule has 5 nitrogen and oxygen atoms in total. The molecule has 1 fully saturated rings. The molecule has 17 heavy (non-hydrogen) atoms. The maximum absolute atomic E-state index is 11.9. The molecule has 0 radical (unpaired) electrons. The first kappa shape index (κ1) is 12.6. The van der Waals surface area contributed by atoms with Gasteiger partial charge in [0, 0.05) is 5.54 Å². The van der Waals surface area contributed by atoms with E-state index < -0.39 is 17.1 Å². The fourth-order valence-electron chi connectivity index (χ4n) is 1.49. The number of rotatable bonds is 4. The molecule has 0 bridgehead atoms. The van der Waals surface area contributed by atoms with Crippen LogP contribution in [0.25, 0.3) is 0 Å². The first-order valence-electron chi connectivity index (χ1n) is 5.33. The molecule has 0 amide bonds. The van der Waals surface area contributed by atoms with Gasteiger partial charge in [0.1, 0.15) is 0 Å². The molecule has 2 rings (SSSR count). The van der Waals surface area contributed by atoms with Crippen LogP contribution in [0.3, 0.4) is 0 Å². The first-order chi connectivity index (χ1) is 7.82. The Morgan fingerprint density at radius 3 is 2.18 bits per heavy atom. The van der Waals surface area contributed by atoms with E-state index in [2.05, 4.69) is 4.72 Å². The quantitative estimate of drug-likeness (QED) is 0.614. The van der Waals surface area contributed by atoms with Crippen LogP contribution < -0.4 is 10.2 Å². The van der Waals surface area contributed by atoms with Gasteiger partial charge in [-0.2, -0.15) is 0 Å². The molecule has 7 heteroatoms. The Morgan fingerprint density at radius 1 is 1.24 bits per heavy atom. The largest absolute Gasteiger partial charge is 0.488 e. The van der Waals surface area contributed by atoms with Gasteiger partial charge in [0.15, 0.2) is 0 Å². The predicted molar refractivity (Wildman–Crippen MR) is 64.2 cm³/mol. The molecule has 1 aliphatic carbocycles. The van der Waals surface area contributed by atoms with E-state index in [1.165, 1.54) is 24.3 Å². The summed E-state index contributed by atoms with van der Waals surface area (Å²) in [4.78, 5) is 0.134. The second kappa shape index (κ2) is 4.10. The molecule has 0 atom stereocenters. The van der Waals surface area contributed by atoms with Crippen molar-refractivity contribution in [3.8, 4) is 0 Å². The molecule has 3 N–H and O–H groups in total. The predicted octanol–water partition coefficient (Wildman–Crippen LogP) is -0.803. The average Bonchev–Trinajstić information content (AvgIpc) is 2.95. The summed E-state index contributed by atoms with van der Waals surface area (Å²) in [5.74, 6) is 0. The maximum Gasteiger partial charge on any atom is 0.488 e. The zero-order valence-corrected chi connectivity index (χ0v) is 10.2. The van der Waals surface area contributed by atoms with Crippen molar-refractivity contribution in [1.82, 2.24) is 4.72 Å². The van der Waals surface area contributed by atoms with Gasteiger partial charge in [0.2, 0.25) is 10.0 Å². The third kappa shape index (κ3) is 2.87. The van der Waals surface area contributed by atoms with E-state index in [-0.39, 0.29) is 15.9 Å². The fourth-order valence-corrected chi connectivity index (χ4v) is 2.96. The second-order valence-electron chi connectivity index (χ2n) is 4.61. The van der Waals surface area contributed by atoms with Gasteiger partial charge in [-0.15, -0.1) is 0 Å². The van der Waals surface area contributed by atoms with Crippen LogP contribution in [0.1, 0.15) is 19.8 Å². The van der Waals surface area contributed by atoms with E-state index in [4.69, 9.17) is 10.0 Å². The van der Waals surface area contributed by atoms with Gasteiger partial charge >= 0.3 is 7.12 Å². The summed E-state index contributed by atoms with van der Waals surface area (Å²) in [6, 6.07) is 5.49. The van der Waals surface area contributed by atoms with Gasteiger partial charge in [-0.25, -0.2) is 13.1 Å². The second-order valence-corrected chi connectivity index (χ2v) is 6.29. The lowest BCUT2D eigenvalue weighted by Gasteiger charge is -2.12. The third-order valence-electron chi connectivity index (χ3n) is 2.87. The van der Waals surface area contributed by atoms with Crippen molar-refractivity contribution in [2.45, 2.75) is 30.2 Å². The topological polar surface area (TPSA) is 86.6 Å². The molecule has 1 saturated carbocycles. The van der Waals surface area contributed by atoms with E-state index >= 15 is 0 Å². The van der Waals surface area contributed by atoms with Gasteiger partial charge < -0.3 is 10.0 Å². The van der Waals surface area contributed by atoms with Crippen LogP contribution >= 0.6 is 0 Å².